The SMILES string of the molecule is CC(CC1CCCN1C(=O)OC(C)(C)C)NCc1ncn(C)n1. The largest absolute Gasteiger partial charge is 0.444 e. The number of aryl methyl sites for hydroxylation is 1. The summed E-state index contributed by atoms with van der Waals surface area (Å²) < 4.78 is 7.21. The fourth-order valence-corrected chi connectivity index (χ4v) is 2.86. The van der Waals surface area contributed by atoms with E-state index in [1.165, 1.54) is 0 Å². The molecule has 1 amide bonds. The molecule has 23 heavy (non-hydrogen) atoms. The highest BCUT2D eigenvalue weighted by Crippen LogP contribution is 2.24. The average Bonchev–Trinajstić information content (AvgIpc) is 3.03. The normalized spacial score (nSPS) is 19.9. The Balaban J connectivity index is 1.81. The first-order chi connectivity index (χ1) is 10.7. The monoisotopic (exact) mass is 323 g/mol. The number of rotatable bonds is 5. The Morgan fingerprint density at radius 1 is 1.52 bits per heavy atom. The van der Waals surface area contributed by atoms with Gasteiger partial charge in [-0.05, 0) is 47.0 Å². The summed E-state index contributed by atoms with van der Waals surface area (Å²) >= 11 is 0. The van der Waals surface area contributed by atoms with Gasteiger partial charge in [0.25, 0.3) is 0 Å². The molecule has 2 atom stereocenters. The van der Waals surface area contributed by atoms with Gasteiger partial charge >= 0.3 is 6.09 Å². The molecule has 0 spiro atoms. The molecule has 2 unspecified atom stereocenters. The number of hydrogen-bond donors (Lipinski definition) is 1. The predicted molar refractivity (Wildman–Crippen MR) is 87.9 cm³/mol. The minimum atomic E-state index is -0.446. The van der Waals surface area contributed by atoms with E-state index in [-0.39, 0.29) is 18.2 Å². The van der Waals surface area contributed by atoms with E-state index in [0.717, 1.165) is 31.6 Å². The number of nitrogens with one attached hydrogen (secondary N) is 1. The van der Waals surface area contributed by atoms with Gasteiger partial charge in [0.1, 0.15) is 11.9 Å². The van der Waals surface area contributed by atoms with E-state index < -0.39 is 5.60 Å². The van der Waals surface area contributed by atoms with E-state index in [1.807, 2.05) is 32.7 Å². The van der Waals surface area contributed by atoms with Crippen molar-refractivity contribution < 1.29 is 9.53 Å². The first kappa shape index (κ1) is 17.7. The summed E-state index contributed by atoms with van der Waals surface area (Å²) in [5.41, 5.74) is -0.446. The van der Waals surface area contributed by atoms with Crippen LogP contribution in [0.15, 0.2) is 6.33 Å². The van der Waals surface area contributed by atoms with Crippen molar-refractivity contribution >= 4 is 6.09 Å². The molecule has 0 aliphatic carbocycles. The summed E-state index contributed by atoms with van der Waals surface area (Å²) in [5, 5.41) is 7.69. The van der Waals surface area contributed by atoms with Crippen LogP contribution in [-0.4, -0.2) is 50.0 Å². The maximum atomic E-state index is 12.3. The number of nitrogens with zero attached hydrogens (tertiary/aromatic N) is 4. The zero-order valence-electron chi connectivity index (χ0n) is 14.9. The minimum absolute atomic E-state index is 0.196. The second kappa shape index (κ2) is 7.29. The lowest BCUT2D eigenvalue weighted by Gasteiger charge is -2.30. The molecular formula is C16H29N5O2. The predicted octanol–water partition coefficient (Wildman–Crippen LogP) is 2.08. The smallest absolute Gasteiger partial charge is 0.410 e. The maximum absolute atomic E-state index is 12.3. The number of likely N-dealkylation sites (tertiary alicyclic amines) is 1. The zero-order valence-corrected chi connectivity index (χ0v) is 14.9. The van der Waals surface area contributed by atoms with Gasteiger partial charge in [-0.15, -0.1) is 0 Å². The van der Waals surface area contributed by atoms with Gasteiger partial charge < -0.3 is 15.0 Å². The first-order valence-corrected chi connectivity index (χ1v) is 8.32. The quantitative estimate of drug-likeness (QED) is 0.898. The van der Waals surface area contributed by atoms with Crippen LogP contribution in [0.4, 0.5) is 4.79 Å². The molecule has 1 saturated heterocycles. The molecule has 2 heterocycles. The Labute approximate surface area is 138 Å². The highest BCUT2D eigenvalue weighted by molar-refractivity contribution is 5.68. The van der Waals surface area contributed by atoms with Gasteiger partial charge in [0, 0.05) is 25.7 Å². The number of hydrogen-bond acceptors (Lipinski definition) is 5. The van der Waals surface area contributed by atoms with Crippen LogP contribution in [0.2, 0.25) is 0 Å². The lowest BCUT2D eigenvalue weighted by molar-refractivity contribution is 0.0214. The summed E-state index contributed by atoms with van der Waals surface area (Å²) in [6.45, 7) is 9.27. The van der Waals surface area contributed by atoms with Crippen LogP contribution in [0.3, 0.4) is 0 Å². The molecule has 7 heteroatoms. The Morgan fingerprint density at radius 3 is 2.87 bits per heavy atom. The average molecular weight is 323 g/mol. The summed E-state index contributed by atoms with van der Waals surface area (Å²) in [6, 6.07) is 0.524. The lowest BCUT2D eigenvalue weighted by Crippen LogP contribution is -2.42. The molecular weight excluding hydrogens is 294 g/mol. The number of amides is 1. The van der Waals surface area contributed by atoms with Crippen LogP contribution < -0.4 is 5.32 Å². The van der Waals surface area contributed by atoms with Crippen LogP contribution in [0.1, 0.15) is 52.8 Å². The summed E-state index contributed by atoms with van der Waals surface area (Å²) in [5.74, 6) is 0.787. The van der Waals surface area contributed by atoms with Crippen molar-refractivity contribution in [3.63, 3.8) is 0 Å². The molecule has 1 aromatic heterocycles. The van der Waals surface area contributed by atoms with Gasteiger partial charge in [-0.2, -0.15) is 5.10 Å². The molecule has 0 radical (unpaired) electrons. The molecule has 1 aliphatic heterocycles. The van der Waals surface area contributed by atoms with Crippen molar-refractivity contribution in [3.8, 4) is 0 Å². The third-order valence-electron chi connectivity index (χ3n) is 3.89. The Bertz CT molecular complexity index is 523. The number of carbonyl (C=O) groups excluding carboxylic acids is 1. The van der Waals surface area contributed by atoms with Gasteiger partial charge in [-0.25, -0.2) is 9.78 Å². The van der Waals surface area contributed by atoms with Gasteiger partial charge in [-0.1, -0.05) is 0 Å². The molecule has 1 N–H and O–H groups in total. The molecule has 0 saturated carbocycles. The summed E-state index contributed by atoms with van der Waals surface area (Å²) in [7, 11) is 1.86. The van der Waals surface area contributed by atoms with Crippen LogP contribution in [0.5, 0.6) is 0 Å². The number of carbonyl (C=O) groups is 1. The fraction of sp³-hybridized carbons (Fsp3) is 0.812. The van der Waals surface area contributed by atoms with Crippen LogP contribution in [0.25, 0.3) is 0 Å². The fourth-order valence-electron chi connectivity index (χ4n) is 2.86. The van der Waals surface area contributed by atoms with Gasteiger partial charge in [0.05, 0.1) is 6.54 Å². The zero-order chi connectivity index (χ0) is 17.0. The van der Waals surface area contributed by atoms with E-state index in [0.29, 0.717) is 6.54 Å². The van der Waals surface area contributed by atoms with Crippen molar-refractivity contribution in [1.82, 2.24) is 25.0 Å². The van der Waals surface area contributed by atoms with Crippen molar-refractivity contribution in [2.24, 2.45) is 7.05 Å². The highest BCUT2D eigenvalue weighted by atomic mass is 16.6. The molecule has 1 aromatic rings. The van der Waals surface area contributed by atoms with E-state index in [9.17, 15) is 4.79 Å². The van der Waals surface area contributed by atoms with E-state index in [4.69, 9.17) is 4.74 Å². The molecule has 0 aromatic carbocycles. The van der Waals surface area contributed by atoms with Gasteiger partial charge in [0.15, 0.2) is 5.82 Å². The molecule has 1 aliphatic rings. The van der Waals surface area contributed by atoms with E-state index in [1.54, 1.807) is 11.0 Å². The molecule has 7 nitrogen and oxygen atoms in total. The molecule has 130 valence electrons. The number of aromatic nitrogens is 3. The van der Waals surface area contributed by atoms with Crippen LogP contribution in [0, 0.1) is 0 Å². The second-order valence-electron chi connectivity index (χ2n) is 7.32. The topological polar surface area (TPSA) is 72.3 Å². The van der Waals surface area contributed by atoms with Crippen molar-refractivity contribution in [2.45, 2.75) is 71.2 Å². The van der Waals surface area contributed by atoms with E-state index in [2.05, 4.69) is 22.3 Å². The van der Waals surface area contributed by atoms with Crippen molar-refractivity contribution in [1.29, 1.82) is 0 Å². The van der Waals surface area contributed by atoms with Crippen molar-refractivity contribution in [2.75, 3.05) is 6.54 Å². The third kappa shape index (κ3) is 5.49. The summed E-state index contributed by atoms with van der Waals surface area (Å²) in [4.78, 5) is 18.4. The molecule has 0 bridgehead atoms. The maximum Gasteiger partial charge on any atom is 0.410 e. The molecule has 1 fully saturated rings. The Hall–Kier alpha value is -1.63. The van der Waals surface area contributed by atoms with Crippen LogP contribution >= 0.6 is 0 Å². The highest BCUT2D eigenvalue weighted by Gasteiger charge is 2.32. The lowest BCUT2D eigenvalue weighted by atomic mass is 10.1. The first-order valence-electron chi connectivity index (χ1n) is 8.32. The molecule has 2 rings (SSSR count). The standard InChI is InChI=1S/C16H29N5O2/c1-12(17-10-14-18-11-20(5)19-14)9-13-7-6-8-21(13)15(22)23-16(2,3)4/h11-13,17H,6-10H2,1-5H3. The Morgan fingerprint density at radius 2 is 2.26 bits per heavy atom. The number of ether oxygens (including phenoxy) is 1. The van der Waals surface area contributed by atoms with Crippen LogP contribution in [-0.2, 0) is 18.3 Å². The van der Waals surface area contributed by atoms with E-state index >= 15 is 0 Å². The second-order valence-corrected chi connectivity index (χ2v) is 7.32. The Kier molecular flexibility index (Phi) is 5.62. The summed E-state index contributed by atoms with van der Waals surface area (Å²) in [6.07, 6.45) is 4.49. The van der Waals surface area contributed by atoms with Gasteiger partial charge in [0.2, 0.25) is 0 Å². The van der Waals surface area contributed by atoms with Gasteiger partial charge in [-0.3, -0.25) is 4.68 Å². The minimum Gasteiger partial charge on any atom is -0.444 e. The third-order valence-corrected chi connectivity index (χ3v) is 3.89. The van der Waals surface area contributed by atoms with Crippen molar-refractivity contribution in [3.05, 3.63) is 12.2 Å².